The van der Waals surface area contributed by atoms with Gasteiger partial charge in [0, 0.05) is 5.69 Å². The predicted molar refractivity (Wildman–Crippen MR) is 75.7 cm³/mol. The summed E-state index contributed by atoms with van der Waals surface area (Å²) in [6.45, 7) is 0. The van der Waals surface area contributed by atoms with Crippen LogP contribution in [0.3, 0.4) is 0 Å². The van der Waals surface area contributed by atoms with E-state index in [0.29, 0.717) is 11.4 Å². The molecule has 2 rings (SSSR count). The molecular formula is C12H8BrClFN3O. The lowest BCUT2D eigenvalue weighted by molar-refractivity contribution is 0.102. The SMILES string of the molecule is Nc1cnc(Cl)c(C(=O)Nc2ccc(F)c(Br)c2)c1. The minimum atomic E-state index is -0.469. The lowest BCUT2D eigenvalue weighted by Gasteiger charge is -2.07. The van der Waals surface area contributed by atoms with Crippen molar-refractivity contribution in [2.75, 3.05) is 11.1 Å². The topological polar surface area (TPSA) is 68.0 Å². The molecule has 2 aromatic rings. The van der Waals surface area contributed by atoms with Gasteiger partial charge in [0.15, 0.2) is 0 Å². The first-order chi connectivity index (χ1) is 8.97. The fourth-order valence-electron chi connectivity index (χ4n) is 1.40. The van der Waals surface area contributed by atoms with E-state index in [1.165, 1.54) is 30.5 Å². The Bertz CT molecular complexity index is 651. The summed E-state index contributed by atoms with van der Waals surface area (Å²) in [5, 5.41) is 2.63. The van der Waals surface area contributed by atoms with Gasteiger partial charge in [-0.15, -0.1) is 0 Å². The van der Waals surface area contributed by atoms with Crippen LogP contribution in [-0.4, -0.2) is 10.9 Å². The maximum Gasteiger partial charge on any atom is 0.258 e. The van der Waals surface area contributed by atoms with Gasteiger partial charge in [0.25, 0.3) is 5.91 Å². The molecule has 0 radical (unpaired) electrons. The summed E-state index contributed by atoms with van der Waals surface area (Å²) in [4.78, 5) is 15.8. The van der Waals surface area contributed by atoms with Crippen LogP contribution < -0.4 is 11.1 Å². The Balaban J connectivity index is 2.25. The Kier molecular flexibility index (Phi) is 4.01. The molecule has 7 heteroatoms. The molecule has 0 spiro atoms. The average Bonchev–Trinajstić information content (AvgIpc) is 2.36. The third-order valence-electron chi connectivity index (χ3n) is 2.28. The minimum Gasteiger partial charge on any atom is -0.397 e. The van der Waals surface area contributed by atoms with Crippen molar-refractivity contribution in [1.29, 1.82) is 0 Å². The fourth-order valence-corrected chi connectivity index (χ4v) is 1.96. The normalized spacial score (nSPS) is 10.3. The van der Waals surface area contributed by atoms with Crippen molar-refractivity contribution in [3.8, 4) is 0 Å². The van der Waals surface area contributed by atoms with Gasteiger partial charge in [-0.25, -0.2) is 9.37 Å². The van der Waals surface area contributed by atoms with E-state index >= 15 is 0 Å². The van der Waals surface area contributed by atoms with Crippen molar-refractivity contribution in [2.45, 2.75) is 0 Å². The lowest BCUT2D eigenvalue weighted by atomic mass is 10.2. The second-order valence-electron chi connectivity index (χ2n) is 3.69. The van der Waals surface area contributed by atoms with Crippen LogP contribution >= 0.6 is 27.5 Å². The van der Waals surface area contributed by atoms with E-state index in [4.69, 9.17) is 17.3 Å². The maximum atomic E-state index is 13.1. The number of benzene rings is 1. The van der Waals surface area contributed by atoms with E-state index in [9.17, 15) is 9.18 Å². The summed E-state index contributed by atoms with van der Waals surface area (Å²) in [7, 11) is 0. The largest absolute Gasteiger partial charge is 0.397 e. The van der Waals surface area contributed by atoms with Gasteiger partial charge in [0.1, 0.15) is 11.0 Å². The van der Waals surface area contributed by atoms with E-state index in [1.807, 2.05) is 0 Å². The number of carbonyl (C=O) groups excluding carboxylic acids is 1. The molecule has 0 saturated heterocycles. The molecule has 0 atom stereocenters. The molecule has 0 aliphatic carbocycles. The van der Waals surface area contributed by atoms with Crippen LogP contribution in [0, 0.1) is 5.82 Å². The molecule has 1 amide bonds. The van der Waals surface area contributed by atoms with Gasteiger partial charge >= 0.3 is 0 Å². The lowest BCUT2D eigenvalue weighted by Crippen LogP contribution is -2.13. The van der Waals surface area contributed by atoms with Gasteiger partial charge in [-0.3, -0.25) is 4.79 Å². The molecule has 0 bridgehead atoms. The summed E-state index contributed by atoms with van der Waals surface area (Å²) in [5.74, 6) is -0.884. The van der Waals surface area contributed by atoms with E-state index in [1.54, 1.807) is 0 Å². The van der Waals surface area contributed by atoms with Crippen LogP contribution in [0.15, 0.2) is 34.9 Å². The molecule has 1 aromatic heterocycles. The van der Waals surface area contributed by atoms with Gasteiger partial charge in [-0.1, -0.05) is 11.6 Å². The molecule has 1 heterocycles. The summed E-state index contributed by atoms with van der Waals surface area (Å²) in [6, 6.07) is 5.54. The van der Waals surface area contributed by atoms with Crippen molar-refractivity contribution in [2.24, 2.45) is 0 Å². The smallest absolute Gasteiger partial charge is 0.258 e. The van der Waals surface area contributed by atoms with Gasteiger partial charge in [-0.05, 0) is 40.2 Å². The number of amides is 1. The molecule has 0 aliphatic rings. The van der Waals surface area contributed by atoms with Crippen molar-refractivity contribution < 1.29 is 9.18 Å². The second-order valence-corrected chi connectivity index (χ2v) is 4.90. The molecule has 0 aliphatic heterocycles. The third kappa shape index (κ3) is 3.21. The molecule has 0 saturated carbocycles. The zero-order valence-electron chi connectivity index (χ0n) is 9.45. The van der Waals surface area contributed by atoms with Crippen LogP contribution in [0.1, 0.15) is 10.4 Å². The van der Waals surface area contributed by atoms with Gasteiger partial charge < -0.3 is 11.1 Å². The average molecular weight is 345 g/mol. The van der Waals surface area contributed by atoms with Crippen molar-refractivity contribution in [3.63, 3.8) is 0 Å². The number of carbonyl (C=O) groups is 1. The number of hydrogen-bond donors (Lipinski definition) is 2. The van der Waals surface area contributed by atoms with Crippen molar-refractivity contribution in [1.82, 2.24) is 4.98 Å². The number of nitrogens with zero attached hydrogens (tertiary/aromatic N) is 1. The number of anilines is 2. The van der Waals surface area contributed by atoms with Gasteiger partial charge in [0.05, 0.1) is 21.9 Å². The highest BCUT2D eigenvalue weighted by molar-refractivity contribution is 9.10. The molecular weight excluding hydrogens is 337 g/mol. The van der Waals surface area contributed by atoms with E-state index in [-0.39, 0.29) is 15.2 Å². The molecule has 19 heavy (non-hydrogen) atoms. The summed E-state index contributed by atoms with van der Waals surface area (Å²) >= 11 is 8.85. The van der Waals surface area contributed by atoms with E-state index < -0.39 is 11.7 Å². The highest BCUT2D eigenvalue weighted by Gasteiger charge is 2.12. The molecule has 0 fully saturated rings. The molecule has 0 unspecified atom stereocenters. The van der Waals surface area contributed by atoms with Crippen LogP contribution in [-0.2, 0) is 0 Å². The van der Waals surface area contributed by atoms with Crippen LogP contribution in [0.5, 0.6) is 0 Å². The first-order valence-electron chi connectivity index (χ1n) is 5.15. The van der Waals surface area contributed by atoms with Crippen LogP contribution in [0.2, 0.25) is 5.15 Å². The second kappa shape index (κ2) is 5.54. The number of nitrogen functional groups attached to an aromatic ring is 1. The minimum absolute atomic E-state index is 0.0490. The zero-order valence-corrected chi connectivity index (χ0v) is 11.8. The zero-order chi connectivity index (χ0) is 14.0. The first-order valence-corrected chi connectivity index (χ1v) is 6.32. The number of pyridine rings is 1. The number of nitrogens with one attached hydrogen (secondary N) is 1. The monoisotopic (exact) mass is 343 g/mol. The third-order valence-corrected chi connectivity index (χ3v) is 3.19. The van der Waals surface area contributed by atoms with Crippen molar-refractivity contribution >= 4 is 44.8 Å². The van der Waals surface area contributed by atoms with Crippen LogP contribution in [0.4, 0.5) is 15.8 Å². The number of nitrogens with two attached hydrogens (primary N) is 1. The fraction of sp³-hybridized carbons (Fsp3) is 0. The number of aromatic nitrogens is 1. The standard InChI is InChI=1S/C12H8BrClFN3O/c13-9-4-7(1-2-10(9)15)18-12(19)8-3-6(16)5-17-11(8)14/h1-5H,16H2,(H,18,19). The molecule has 1 aromatic carbocycles. The molecule has 4 nitrogen and oxygen atoms in total. The number of rotatable bonds is 2. The highest BCUT2D eigenvalue weighted by atomic mass is 79.9. The number of halogens is 3. The molecule has 98 valence electrons. The van der Waals surface area contributed by atoms with Gasteiger partial charge in [0.2, 0.25) is 0 Å². The van der Waals surface area contributed by atoms with E-state index in [0.717, 1.165) is 0 Å². The first kappa shape index (κ1) is 13.8. The quantitative estimate of drug-likeness (QED) is 0.820. The molecule has 3 N–H and O–H groups in total. The van der Waals surface area contributed by atoms with Crippen LogP contribution in [0.25, 0.3) is 0 Å². The maximum absolute atomic E-state index is 13.1. The summed E-state index contributed by atoms with van der Waals surface area (Å²) in [6.07, 6.45) is 1.35. The Labute approximate surface area is 121 Å². The number of hydrogen-bond acceptors (Lipinski definition) is 3. The van der Waals surface area contributed by atoms with Crippen molar-refractivity contribution in [3.05, 3.63) is 51.5 Å². The Morgan fingerprint density at radius 3 is 2.84 bits per heavy atom. The Morgan fingerprint density at radius 1 is 1.42 bits per heavy atom. The predicted octanol–water partition coefficient (Wildman–Crippen LogP) is 3.47. The van der Waals surface area contributed by atoms with Gasteiger partial charge in [-0.2, -0.15) is 0 Å². The van der Waals surface area contributed by atoms with E-state index in [2.05, 4.69) is 26.2 Å². The highest BCUT2D eigenvalue weighted by Crippen LogP contribution is 2.22. The summed E-state index contributed by atoms with van der Waals surface area (Å²) < 4.78 is 13.3. The Morgan fingerprint density at radius 2 is 2.16 bits per heavy atom. The summed E-state index contributed by atoms with van der Waals surface area (Å²) in [5.41, 5.74) is 6.46. The Hall–Kier alpha value is -1.66.